The monoisotopic (exact) mass is 382 g/mol. The zero-order valence-electron chi connectivity index (χ0n) is 16.8. The molecule has 0 unspecified atom stereocenters. The fraction of sp³-hybridized carbons (Fsp3) is 0.0667. The zero-order valence-corrected chi connectivity index (χ0v) is 16.8. The highest BCUT2D eigenvalue weighted by atomic mass is 14.2. The van der Waals surface area contributed by atoms with Gasteiger partial charge in [0.25, 0.3) is 0 Å². The predicted molar refractivity (Wildman–Crippen MR) is 130 cm³/mol. The van der Waals surface area contributed by atoms with E-state index in [9.17, 15) is 0 Å². The third kappa shape index (κ3) is 2.76. The highest BCUT2D eigenvalue weighted by Gasteiger charge is 2.11. The fourth-order valence-corrected chi connectivity index (χ4v) is 5.00. The average molecular weight is 383 g/mol. The van der Waals surface area contributed by atoms with Crippen LogP contribution >= 0.6 is 0 Å². The normalized spacial score (nSPS) is 11.6. The Morgan fingerprint density at radius 3 is 0.900 bits per heavy atom. The third-order valence-corrected chi connectivity index (χ3v) is 6.39. The summed E-state index contributed by atoms with van der Waals surface area (Å²) in [6, 6.07) is 39.9. The van der Waals surface area contributed by atoms with Crippen molar-refractivity contribution < 1.29 is 0 Å². The maximum absolute atomic E-state index is 2.32. The zero-order chi connectivity index (χ0) is 19.9. The summed E-state index contributed by atoms with van der Waals surface area (Å²) < 4.78 is 0. The summed E-state index contributed by atoms with van der Waals surface area (Å²) in [5.74, 6) is 0. The van der Waals surface area contributed by atoms with Crippen LogP contribution in [0.4, 0.5) is 0 Å². The van der Waals surface area contributed by atoms with Crippen molar-refractivity contribution in [1.82, 2.24) is 0 Å². The summed E-state index contributed by atoms with van der Waals surface area (Å²) in [6.07, 6.45) is 2.06. The molecule has 30 heavy (non-hydrogen) atoms. The van der Waals surface area contributed by atoms with Gasteiger partial charge in [-0.15, -0.1) is 0 Å². The number of benzene rings is 6. The van der Waals surface area contributed by atoms with E-state index >= 15 is 0 Å². The second-order valence-electron chi connectivity index (χ2n) is 8.09. The Morgan fingerprint density at radius 2 is 0.600 bits per heavy atom. The van der Waals surface area contributed by atoms with Crippen LogP contribution in [0.5, 0.6) is 0 Å². The van der Waals surface area contributed by atoms with Gasteiger partial charge in [-0.25, -0.2) is 0 Å². The minimum Gasteiger partial charge on any atom is -0.0616 e. The van der Waals surface area contributed by atoms with Crippen molar-refractivity contribution in [1.29, 1.82) is 0 Å². The van der Waals surface area contributed by atoms with Gasteiger partial charge in [0, 0.05) is 0 Å². The Morgan fingerprint density at radius 1 is 0.333 bits per heavy atom. The molecule has 6 aromatic carbocycles. The van der Waals surface area contributed by atoms with Crippen molar-refractivity contribution in [3.63, 3.8) is 0 Å². The predicted octanol–water partition coefficient (Wildman–Crippen LogP) is 8.08. The van der Waals surface area contributed by atoms with Crippen LogP contribution in [0.25, 0.3) is 43.1 Å². The van der Waals surface area contributed by atoms with Crippen LogP contribution in [0.2, 0.25) is 0 Å². The molecular formula is C30H22. The minimum absolute atomic E-state index is 1.03. The van der Waals surface area contributed by atoms with Crippen molar-refractivity contribution >= 4 is 43.1 Å². The molecule has 0 spiro atoms. The first kappa shape index (κ1) is 17.2. The van der Waals surface area contributed by atoms with E-state index in [1.165, 1.54) is 54.2 Å². The minimum atomic E-state index is 1.03. The standard InChI is InChI=1S/C30H22/c1-5-13-25-21(9-1)19-22-10-2-6-14-26(22)29(25)17-18-30-27-15-7-3-11-23(27)20-24-12-4-8-16-28(24)30/h1-16,19-20H,17-18H2. The molecule has 0 heteroatoms. The van der Waals surface area contributed by atoms with Gasteiger partial charge in [0.2, 0.25) is 0 Å². The van der Waals surface area contributed by atoms with Crippen molar-refractivity contribution in [3.05, 3.63) is 120 Å². The van der Waals surface area contributed by atoms with Gasteiger partial charge >= 0.3 is 0 Å². The molecule has 0 amide bonds. The van der Waals surface area contributed by atoms with Gasteiger partial charge in [-0.3, -0.25) is 0 Å². The maximum atomic E-state index is 2.32. The molecule has 6 aromatic rings. The van der Waals surface area contributed by atoms with E-state index in [0.717, 1.165) is 12.8 Å². The maximum Gasteiger partial charge on any atom is -0.0145 e. The molecule has 0 bridgehead atoms. The Kier molecular flexibility index (Phi) is 4.02. The van der Waals surface area contributed by atoms with Gasteiger partial charge in [0.05, 0.1) is 0 Å². The lowest BCUT2D eigenvalue weighted by atomic mass is 9.89. The van der Waals surface area contributed by atoms with Gasteiger partial charge in [0.15, 0.2) is 0 Å². The summed E-state index contributed by atoms with van der Waals surface area (Å²) >= 11 is 0. The molecule has 0 aliphatic heterocycles. The van der Waals surface area contributed by atoms with Gasteiger partial charge < -0.3 is 0 Å². The van der Waals surface area contributed by atoms with Gasteiger partial charge in [-0.05, 0) is 79.2 Å². The fourth-order valence-electron chi connectivity index (χ4n) is 5.00. The molecule has 0 aliphatic rings. The topological polar surface area (TPSA) is 0 Å². The molecule has 0 nitrogen and oxygen atoms in total. The lowest BCUT2D eigenvalue weighted by molar-refractivity contribution is 0.996. The average Bonchev–Trinajstić information content (AvgIpc) is 2.81. The number of rotatable bonds is 3. The van der Waals surface area contributed by atoms with Gasteiger partial charge in [-0.1, -0.05) is 97.1 Å². The Bertz CT molecular complexity index is 1310. The van der Waals surface area contributed by atoms with Crippen molar-refractivity contribution in [2.45, 2.75) is 12.8 Å². The number of hydrogen-bond donors (Lipinski definition) is 0. The van der Waals surface area contributed by atoms with Gasteiger partial charge in [0.1, 0.15) is 0 Å². The number of aryl methyl sites for hydroxylation is 2. The molecule has 0 fully saturated rings. The van der Waals surface area contributed by atoms with Gasteiger partial charge in [-0.2, -0.15) is 0 Å². The van der Waals surface area contributed by atoms with E-state index in [2.05, 4.69) is 109 Å². The SMILES string of the molecule is c1ccc2c(CCc3c4ccccc4cc4ccccc34)c3ccccc3cc2c1. The van der Waals surface area contributed by atoms with Crippen molar-refractivity contribution in [3.8, 4) is 0 Å². The summed E-state index contributed by atoms with van der Waals surface area (Å²) in [4.78, 5) is 0. The molecule has 0 saturated carbocycles. The molecule has 0 aromatic heterocycles. The summed E-state index contributed by atoms with van der Waals surface area (Å²) in [7, 11) is 0. The smallest absolute Gasteiger partial charge is 0.0145 e. The molecule has 0 heterocycles. The highest BCUT2D eigenvalue weighted by molar-refractivity contribution is 6.04. The quantitative estimate of drug-likeness (QED) is 0.271. The van der Waals surface area contributed by atoms with E-state index in [4.69, 9.17) is 0 Å². The molecule has 0 atom stereocenters. The van der Waals surface area contributed by atoms with E-state index < -0.39 is 0 Å². The summed E-state index contributed by atoms with van der Waals surface area (Å²) in [6.45, 7) is 0. The molecule has 6 rings (SSSR count). The Labute approximate surface area is 176 Å². The molecule has 0 aliphatic carbocycles. The van der Waals surface area contributed by atoms with E-state index in [-0.39, 0.29) is 0 Å². The van der Waals surface area contributed by atoms with Crippen LogP contribution in [0.1, 0.15) is 11.1 Å². The second-order valence-corrected chi connectivity index (χ2v) is 8.09. The molecule has 142 valence electrons. The summed E-state index contributed by atoms with van der Waals surface area (Å²) in [5, 5.41) is 10.8. The third-order valence-electron chi connectivity index (χ3n) is 6.39. The second kappa shape index (κ2) is 7.00. The van der Waals surface area contributed by atoms with Crippen molar-refractivity contribution in [2.75, 3.05) is 0 Å². The van der Waals surface area contributed by atoms with Crippen LogP contribution in [0.3, 0.4) is 0 Å². The van der Waals surface area contributed by atoms with Crippen LogP contribution < -0.4 is 0 Å². The largest absolute Gasteiger partial charge is 0.0616 e. The number of hydrogen-bond acceptors (Lipinski definition) is 0. The first-order valence-corrected chi connectivity index (χ1v) is 10.7. The van der Waals surface area contributed by atoms with E-state index in [0.29, 0.717) is 0 Å². The number of fused-ring (bicyclic) bond motifs is 4. The van der Waals surface area contributed by atoms with E-state index in [1.807, 2.05) is 0 Å². The van der Waals surface area contributed by atoms with E-state index in [1.54, 1.807) is 0 Å². The van der Waals surface area contributed by atoms with Crippen LogP contribution in [-0.4, -0.2) is 0 Å². The molecule has 0 radical (unpaired) electrons. The Balaban J connectivity index is 1.56. The van der Waals surface area contributed by atoms with Crippen LogP contribution in [0, 0.1) is 0 Å². The lowest BCUT2D eigenvalue weighted by Gasteiger charge is -2.15. The molecule has 0 saturated heterocycles. The molecular weight excluding hydrogens is 360 g/mol. The highest BCUT2D eigenvalue weighted by Crippen LogP contribution is 2.33. The van der Waals surface area contributed by atoms with Crippen LogP contribution in [-0.2, 0) is 12.8 Å². The molecule has 0 N–H and O–H groups in total. The first-order chi connectivity index (χ1) is 14.9. The summed E-state index contributed by atoms with van der Waals surface area (Å²) in [5.41, 5.74) is 2.92. The lowest BCUT2D eigenvalue weighted by Crippen LogP contribution is -1.97. The Hall–Kier alpha value is -3.64. The first-order valence-electron chi connectivity index (χ1n) is 10.7. The van der Waals surface area contributed by atoms with Crippen LogP contribution in [0.15, 0.2) is 109 Å². The van der Waals surface area contributed by atoms with Crippen molar-refractivity contribution in [2.24, 2.45) is 0 Å².